The maximum Gasteiger partial charge on any atom is 0.173 e. The number of rotatable bonds is 5. The molecule has 0 aliphatic heterocycles. The summed E-state index contributed by atoms with van der Waals surface area (Å²) in [7, 11) is 0. The molecule has 1 heterocycles. The fourth-order valence-electron chi connectivity index (χ4n) is 2.21. The van der Waals surface area contributed by atoms with E-state index in [9.17, 15) is 8.78 Å². The van der Waals surface area contributed by atoms with Crippen molar-refractivity contribution in [3.63, 3.8) is 0 Å². The average molecular weight is 356 g/mol. The van der Waals surface area contributed by atoms with E-state index in [4.69, 9.17) is 5.73 Å². The van der Waals surface area contributed by atoms with Gasteiger partial charge in [-0.05, 0) is 58.2 Å². The summed E-state index contributed by atoms with van der Waals surface area (Å²) in [4.78, 5) is 3.95. The molecular weight excluding hydrogens is 340 g/mol. The zero-order valence-electron chi connectivity index (χ0n) is 11.5. The molecule has 0 amide bonds. The Morgan fingerprint density at radius 2 is 2.10 bits per heavy atom. The van der Waals surface area contributed by atoms with Crippen molar-refractivity contribution in [1.82, 2.24) is 10.3 Å². The maximum atomic E-state index is 13.7. The molecule has 2 rings (SSSR count). The third-order valence-corrected chi connectivity index (χ3v) is 3.98. The maximum absolute atomic E-state index is 13.7. The Balaban J connectivity index is 2.33. The van der Waals surface area contributed by atoms with Gasteiger partial charge in [0.05, 0.1) is 4.47 Å². The summed E-state index contributed by atoms with van der Waals surface area (Å²) in [5.74, 6) is -1.30. The fourth-order valence-corrected chi connectivity index (χ4v) is 2.80. The van der Waals surface area contributed by atoms with E-state index in [-0.39, 0.29) is 10.5 Å². The van der Waals surface area contributed by atoms with Gasteiger partial charge < -0.3 is 11.1 Å². The van der Waals surface area contributed by atoms with Crippen molar-refractivity contribution in [2.45, 2.75) is 19.4 Å². The first-order valence-corrected chi connectivity index (χ1v) is 7.39. The van der Waals surface area contributed by atoms with Crippen LogP contribution in [0.2, 0.25) is 0 Å². The molecule has 0 bridgehead atoms. The van der Waals surface area contributed by atoms with Gasteiger partial charge in [-0.1, -0.05) is 13.0 Å². The third-order valence-electron chi connectivity index (χ3n) is 3.18. The van der Waals surface area contributed by atoms with Crippen LogP contribution in [0.5, 0.6) is 0 Å². The van der Waals surface area contributed by atoms with Gasteiger partial charge in [0, 0.05) is 12.2 Å². The Kier molecular flexibility index (Phi) is 5.25. The lowest BCUT2D eigenvalue weighted by atomic mass is 9.99. The molecule has 0 aliphatic rings. The van der Waals surface area contributed by atoms with Gasteiger partial charge in [-0.15, -0.1) is 0 Å². The second kappa shape index (κ2) is 6.95. The van der Waals surface area contributed by atoms with Gasteiger partial charge in [0.2, 0.25) is 0 Å². The predicted octanol–water partition coefficient (Wildman–Crippen LogP) is 3.60. The molecule has 0 radical (unpaired) electrons. The first kappa shape index (κ1) is 15.9. The Bertz CT molecular complexity index is 634. The number of benzene rings is 1. The molecule has 1 aromatic heterocycles. The van der Waals surface area contributed by atoms with E-state index in [1.165, 1.54) is 0 Å². The van der Waals surface area contributed by atoms with Crippen LogP contribution in [-0.2, 0) is 6.42 Å². The van der Waals surface area contributed by atoms with Gasteiger partial charge in [0.1, 0.15) is 5.82 Å². The van der Waals surface area contributed by atoms with Crippen molar-refractivity contribution in [2.75, 3.05) is 12.3 Å². The number of nitrogens with one attached hydrogen (secondary N) is 1. The van der Waals surface area contributed by atoms with Crippen LogP contribution in [0.1, 0.15) is 24.1 Å². The molecule has 0 aliphatic carbocycles. The van der Waals surface area contributed by atoms with E-state index >= 15 is 0 Å². The zero-order chi connectivity index (χ0) is 15.4. The Hall–Kier alpha value is -1.53. The summed E-state index contributed by atoms with van der Waals surface area (Å²) >= 11 is 3.14. The molecule has 6 heteroatoms. The molecule has 2 aromatic rings. The number of anilines is 1. The molecule has 0 fully saturated rings. The number of nitrogens with two attached hydrogens (primary N) is 1. The van der Waals surface area contributed by atoms with Crippen LogP contribution >= 0.6 is 15.9 Å². The lowest BCUT2D eigenvalue weighted by Gasteiger charge is -2.20. The van der Waals surface area contributed by atoms with Gasteiger partial charge >= 0.3 is 0 Å². The summed E-state index contributed by atoms with van der Waals surface area (Å²) in [5.41, 5.74) is 7.32. The third kappa shape index (κ3) is 3.77. The van der Waals surface area contributed by atoms with Crippen molar-refractivity contribution in [2.24, 2.45) is 0 Å². The topological polar surface area (TPSA) is 50.9 Å². The van der Waals surface area contributed by atoms with Crippen molar-refractivity contribution >= 4 is 21.7 Å². The number of hydrogen-bond acceptors (Lipinski definition) is 3. The Morgan fingerprint density at radius 3 is 2.76 bits per heavy atom. The number of nitrogens with zero attached hydrogens (tertiary/aromatic N) is 1. The highest BCUT2D eigenvalue weighted by Crippen LogP contribution is 2.30. The smallest absolute Gasteiger partial charge is 0.173 e. The average Bonchev–Trinajstić information content (AvgIpc) is 2.45. The number of likely N-dealkylation sites (N-methyl/N-ethyl adjacent to an activating group) is 1. The molecule has 1 atom stereocenters. The van der Waals surface area contributed by atoms with Gasteiger partial charge in [0.25, 0.3) is 0 Å². The number of pyridine rings is 1. The quantitative estimate of drug-likeness (QED) is 0.805. The van der Waals surface area contributed by atoms with Crippen LogP contribution in [0.4, 0.5) is 14.6 Å². The first-order valence-electron chi connectivity index (χ1n) is 6.60. The molecule has 1 unspecified atom stereocenters. The lowest BCUT2D eigenvalue weighted by Crippen LogP contribution is -2.23. The van der Waals surface area contributed by atoms with E-state index in [0.717, 1.165) is 11.6 Å². The van der Waals surface area contributed by atoms with E-state index in [1.54, 1.807) is 18.3 Å². The van der Waals surface area contributed by atoms with Crippen molar-refractivity contribution in [1.29, 1.82) is 0 Å². The first-order chi connectivity index (χ1) is 10.0. The molecule has 3 N–H and O–H groups in total. The number of aromatic nitrogens is 1. The van der Waals surface area contributed by atoms with Crippen LogP contribution in [0.15, 0.2) is 34.9 Å². The van der Waals surface area contributed by atoms with Gasteiger partial charge in [-0.2, -0.15) is 0 Å². The van der Waals surface area contributed by atoms with Crippen LogP contribution in [-0.4, -0.2) is 11.5 Å². The predicted molar refractivity (Wildman–Crippen MR) is 82.8 cm³/mol. The van der Waals surface area contributed by atoms with Crippen molar-refractivity contribution in [3.05, 3.63) is 57.7 Å². The lowest BCUT2D eigenvalue weighted by molar-refractivity contribution is 0.491. The van der Waals surface area contributed by atoms with Crippen molar-refractivity contribution < 1.29 is 8.78 Å². The molecule has 0 saturated heterocycles. The van der Waals surface area contributed by atoms with Crippen LogP contribution in [0.25, 0.3) is 0 Å². The van der Waals surface area contributed by atoms with Crippen LogP contribution in [0.3, 0.4) is 0 Å². The SMILES string of the molecule is CCNC(Cc1ccnc(N)c1)c1ccc(F)c(F)c1Br. The minimum atomic E-state index is -0.871. The van der Waals surface area contributed by atoms with Gasteiger partial charge in [0.15, 0.2) is 11.6 Å². The van der Waals surface area contributed by atoms with Crippen molar-refractivity contribution in [3.8, 4) is 0 Å². The summed E-state index contributed by atoms with van der Waals surface area (Å²) in [6, 6.07) is 6.20. The highest BCUT2D eigenvalue weighted by atomic mass is 79.9. The van der Waals surface area contributed by atoms with E-state index < -0.39 is 11.6 Å². The fraction of sp³-hybridized carbons (Fsp3) is 0.267. The van der Waals surface area contributed by atoms with E-state index in [1.807, 2.05) is 13.0 Å². The second-order valence-corrected chi connectivity index (χ2v) is 5.46. The van der Waals surface area contributed by atoms with Crippen LogP contribution < -0.4 is 11.1 Å². The molecule has 1 aromatic carbocycles. The highest BCUT2D eigenvalue weighted by Gasteiger charge is 2.19. The summed E-state index contributed by atoms with van der Waals surface area (Å²) in [5, 5.41) is 3.27. The Labute approximate surface area is 130 Å². The van der Waals surface area contributed by atoms with E-state index in [2.05, 4.69) is 26.2 Å². The molecular formula is C15H16BrF2N3. The largest absolute Gasteiger partial charge is 0.384 e. The van der Waals surface area contributed by atoms with Gasteiger partial charge in [-0.25, -0.2) is 13.8 Å². The minimum Gasteiger partial charge on any atom is -0.384 e. The Morgan fingerprint density at radius 1 is 1.33 bits per heavy atom. The standard InChI is InChI=1S/C15H16BrF2N3/c1-2-20-12(7-9-5-6-21-13(19)8-9)10-3-4-11(17)15(18)14(10)16/h3-6,8,12,20H,2,7H2,1H3,(H2,19,21). The number of nitrogen functional groups attached to an aromatic ring is 1. The molecule has 112 valence electrons. The highest BCUT2D eigenvalue weighted by molar-refractivity contribution is 9.10. The van der Waals surface area contributed by atoms with E-state index in [0.29, 0.717) is 24.3 Å². The summed E-state index contributed by atoms with van der Waals surface area (Å²) < 4.78 is 27.1. The van der Waals surface area contributed by atoms with Crippen LogP contribution in [0, 0.1) is 11.6 Å². The molecule has 3 nitrogen and oxygen atoms in total. The number of hydrogen-bond donors (Lipinski definition) is 2. The summed E-state index contributed by atoms with van der Waals surface area (Å²) in [6.07, 6.45) is 2.23. The zero-order valence-corrected chi connectivity index (χ0v) is 13.1. The molecule has 0 spiro atoms. The minimum absolute atomic E-state index is 0.149. The number of halogens is 3. The molecule has 21 heavy (non-hydrogen) atoms. The van der Waals surface area contributed by atoms with Gasteiger partial charge in [-0.3, -0.25) is 0 Å². The monoisotopic (exact) mass is 355 g/mol. The molecule has 0 saturated carbocycles. The summed E-state index contributed by atoms with van der Waals surface area (Å²) in [6.45, 7) is 2.67. The second-order valence-electron chi connectivity index (χ2n) is 4.67. The normalized spacial score (nSPS) is 12.4.